The molecule has 1 aromatic rings. The van der Waals surface area contributed by atoms with Crippen molar-refractivity contribution in [1.29, 1.82) is 0 Å². The zero-order chi connectivity index (χ0) is 11.4. The Morgan fingerprint density at radius 2 is 2.20 bits per heavy atom. The largest absolute Gasteiger partial charge is 0.324 e. The van der Waals surface area contributed by atoms with Gasteiger partial charge in [0.2, 0.25) is 0 Å². The van der Waals surface area contributed by atoms with Crippen molar-refractivity contribution in [3.8, 4) is 0 Å². The molecule has 6 heteroatoms. The van der Waals surface area contributed by atoms with Gasteiger partial charge in [-0.05, 0) is 18.6 Å². The molecule has 4 nitrogen and oxygen atoms in total. The van der Waals surface area contributed by atoms with E-state index in [0.717, 1.165) is 18.2 Å². The van der Waals surface area contributed by atoms with Crippen LogP contribution in [0.5, 0.6) is 0 Å². The van der Waals surface area contributed by atoms with E-state index in [1.54, 1.807) is 0 Å². The number of alkyl halides is 1. The first-order valence-electron chi connectivity index (χ1n) is 4.31. The summed E-state index contributed by atoms with van der Waals surface area (Å²) in [5, 5.41) is 10.6. The number of nitrogens with two attached hydrogens (primary N) is 1. The lowest BCUT2D eigenvalue weighted by Gasteiger charge is -2.09. The normalized spacial score (nSPS) is 12.5. The van der Waals surface area contributed by atoms with Crippen LogP contribution in [0.15, 0.2) is 18.2 Å². The summed E-state index contributed by atoms with van der Waals surface area (Å²) in [6, 6.07) is 2.12. The van der Waals surface area contributed by atoms with Gasteiger partial charge >= 0.3 is 0 Å². The summed E-state index contributed by atoms with van der Waals surface area (Å²) in [4.78, 5) is 9.92. The van der Waals surface area contributed by atoms with Crippen LogP contribution in [0.4, 0.5) is 14.5 Å². The van der Waals surface area contributed by atoms with Crippen LogP contribution in [-0.2, 0) is 0 Å². The molecule has 2 N–H and O–H groups in total. The summed E-state index contributed by atoms with van der Waals surface area (Å²) in [5.41, 5.74) is 5.25. The highest BCUT2D eigenvalue weighted by molar-refractivity contribution is 5.42. The van der Waals surface area contributed by atoms with Gasteiger partial charge in [-0.3, -0.25) is 14.5 Å². The molecule has 0 bridgehead atoms. The van der Waals surface area contributed by atoms with Gasteiger partial charge in [0.1, 0.15) is 5.82 Å². The van der Waals surface area contributed by atoms with Crippen LogP contribution in [0.25, 0.3) is 0 Å². The van der Waals surface area contributed by atoms with Crippen LogP contribution in [0.1, 0.15) is 18.0 Å². The monoisotopic (exact) mass is 216 g/mol. The van der Waals surface area contributed by atoms with E-state index in [9.17, 15) is 18.9 Å². The molecular weight excluding hydrogens is 206 g/mol. The van der Waals surface area contributed by atoms with E-state index < -0.39 is 23.5 Å². The van der Waals surface area contributed by atoms with E-state index in [2.05, 4.69) is 0 Å². The maximum Gasteiger partial charge on any atom is 0.274 e. The fraction of sp³-hybridized carbons (Fsp3) is 0.333. The minimum absolute atomic E-state index is 0.0256. The third-order valence-corrected chi connectivity index (χ3v) is 2.01. The van der Waals surface area contributed by atoms with Crippen molar-refractivity contribution in [2.45, 2.75) is 12.5 Å². The number of nitro groups is 1. The third kappa shape index (κ3) is 2.69. The number of rotatable bonds is 4. The van der Waals surface area contributed by atoms with Crippen LogP contribution in [0.2, 0.25) is 0 Å². The van der Waals surface area contributed by atoms with Crippen molar-refractivity contribution in [1.82, 2.24) is 0 Å². The molecule has 0 amide bonds. The first kappa shape index (κ1) is 11.5. The van der Waals surface area contributed by atoms with Gasteiger partial charge in [0.25, 0.3) is 5.69 Å². The summed E-state index contributed by atoms with van der Waals surface area (Å²) in [6.45, 7) is -0.700. The Labute approximate surface area is 84.9 Å². The van der Waals surface area contributed by atoms with Crippen molar-refractivity contribution in [3.63, 3.8) is 0 Å². The van der Waals surface area contributed by atoms with Crippen LogP contribution in [0, 0.1) is 15.9 Å². The Bertz CT molecular complexity index is 371. The molecule has 0 saturated heterocycles. The van der Waals surface area contributed by atoms with Crippen molar-refractivity contribution in [3.05, 3.63) is 39.7 Å². The Kier molecular flexibility index (Phi) is 3.68. The van der Waals surface area contributed by atoms with Gasteiger partial charge in [0.05, 0.1) is 11.6 Å². The van der Waals surface area contributed by atoms with Crippen molar-refractivity contribution < 1.29 is 13.7 Å². The predicted molar refractivity (Wildman–Crippen MR) is 50.6 cm³/mol. The predicted octanol–water partition coefficient (Wildman–Crippen LogP) is 2.09. The van der Waals surface area contributed by atoms with Gasteiger partial charge in [0, 0.05) is 17.7 Å². The molecule has 0 spiro atoms. The van der Waals surface area contributed by atoms with Crippen LogP contribution in [0.3, 0.4) is 0 Å². The molecule has 0 aliphatic rings. The highest BCUT2D eigenvalue weighted by atomic mass is 19.1. The molecule has 0 fully saturated rings. The fourth-order valence-corrected chi connectivity index (χ4v) is 1.26. The average molecular weight is 216 g/mol. The van der Waals surface area contributed by atoms with Gasteiger partial charge in [0.15, 0.2) is 0 Å². The Balaban J connectivity index is 3.12. The number of hydrogen-bond donors (Lipinski definition) is 1. The Morgan fingerprint density at radius 3 is 2.73 bits per heavy atom. The Hall–Kier alpha value is -1.56. The third-order valence-electron chi connectivity index (χ3n) is 2.01. The molecule has 82 valence electrons. The summed E-state index contributed by atoms with van der Waals surface area (Å²) in [5.74, 6) is -0.620. The van der Waals surface area contributed by atoms with E-state index >= 15 is 0 Å². The molecule has 1 atom stereocenters. The summed E-state index contributed by atoms with van der Waals surface area (Å²) in [7, 11) is 0. The highest BCUT2D eigenvalue weighted by Crippen LogP contribution is 2.26. The topological polar surface area (TPSA) is 69.2 Å². The lowest BCUT2D eigenvalue weighted by atomic mass is 10.0. The second kappa shape index (κ2) is 4.79. The summed E-state index contributed by atoms with van der Waals surface area (Å²) >= 11 is 0. The zero-order valence-electron chi connectivity index (χ0n) is 7.82. The molecule has 0 saturated carbocycles. The van der Waals surface area contributed by atoms with Crippen molar-refractivity contribution in [2.75, 3.05) is 6.67 Å². The first-order chi connectivity index (χ1) is 7.06. The standard InChI is InChI=1S/C9H10F2N2O2/c10-4-3-8(12)7-5-6(11)1-2-9(7)13(14)15/h1-2,5,8H,3-4,12H2/t8-/m0/s1. The molecular formula is C9H10F2N2O2. The average Bonchev–Trinajstić information content (AvgIpc) is 2.17. The van der Waals surface area contributed by atoms with Gasteiger partial charge in [-0.1, -0.05) is 0 Å². The maximum absolute atomic E-state index is 12.8. The van der Waals surface area contributed by atoms with Crippen LogP contribution < -0.4 is 5.73 Å². The second-order valence-corrected chi connectivity index (χ2v) is 3.04. The maximum atomic E-state index is 12.8. The van der Waals surface area contributed by atoms with E-state index in [4.69, 9.17) is 5.73 Å². The molecule has 0 aliphatic heterocycles. The number of nitrogens with zero attached hydrogens (tertiary/aromatic N) is 1. The van der Waals surface area contributed by atoms with Gasteiger partial charge < -0.3 is 5.73 Å². The second-order valence-electron chi connectivity index (χ2n) is 3.04. The molecule has 1 rings (SSSR count). The van der Waals surface area contributed by atoms with Crippen molar-refractivity contribution in [2.24, 2.45) is 5.73 Å². The number of benzene rings is 1. The minimum Gasteiger partial charge on any atom is -0.324 e. The summed E-state index contributed by atoms with van der Waals surface area (Å²) < 4.78 is 24.9. The number of hydrogen-bond acceptors (Lipinski definition) is 3. The van der Waals surface area contributed by atoms with Crippen LogP contribution in [-0.4, -0.2) is 11.6 Å². The first-order valence-corrected chi connectivity index (χ1v) is 4.31. The van der Waals surface area contributed by atoms with E-state index in [0.29, 0.717) is 0 Å². The smallest absolute Gasteiger partial charge is 0.274 e. The zero-order valence-corrected chi connectivity index (χ0v) is 7.82. The molecule has 1 aromatic carbocycles. The molecule has 0 aliphatic carbocycles. The minimum atomic E-state index is -0.855. The molecule has 0 unspecified atom stereocenters. The van der Waals surface area contributed by atoms with Crippen LogP contribution >= 0.6 is 0 Å². The molecule has 0 aromatic heterocycles. The quantitative estimate of drug-likeness (QED) is 0.618. The van der Waals surface area contributed by atoms with E-state index in [1.807, 2.05) is 0 Å². The SMILES string of the molecule is N[C@@H](CCF)c1cc(F)ccc1[N+](=O)[O-]. The van der Waals surface area contributed by atoms with E-state index in [-0.39, 0.29) is 17.7 Å². The summed E-state index contributed by atoms with van der Waals surface area (Å²) in [6.07, 6.45) is -0.0652. The van der Waals surface area contributed by atoms with Gasteiger partial charge in [-0.2, -0.15) is 0 Å². The molecule has 0 radical (unpaired) electrons. The lowest BCUT2D eigenvalue weighted by molar-refractivity contribution is -0.385. The van der Waals surface area contributed by atoms with Gasteiger partial charge in [-0.15, -0.1) is 0 Å². The highest BCUT2D eigenvalue weighted by Gasteiger charge is 2.19. The molecule has 0 heterocycles. The fourth-order valence-electron chi connectivity index (χ4n) is 1.26. The van der Waals surface area contributed by atoms with Crippen molar-refractivity contribution >= 4 is 5.69 Å². The number of nitro benzene ring substituents is 1. The van der Waals surface area contributed by atoms with E-state index in [1.165, 1.54) is 0 Å². The lowest BCUT2D eigenvalue weighted by Crippen LogP contribution is -2.13. The van der Waals surface area contributed by atoms with Gasteiger partial charge in [-0.25, -0.2) is 4.39 Å². The Morgan fingerprint density at radius 1 is 1.53 bits per heavy atom. The molecule has 15 heavy (non-hydrogen) atoms. The number of halogens is 2.